The van der Waals surface area contributed by atoms with Crippen LogP contribution in [0.5, 0.6) is 0 Å². The number of rotatable bonds is 1. The van der Waals surface area contributed by atoms with Crippen LogP contribution in [0.4, 0.5) is 5.69 Å². The first-order valence-corrected chi connectivity index (χ1v) is 5.09. The van der Waals surface area contributed by atoms with Crippen LogP contribution in [-0.4, -0.2) is 11.5 Å². The lowest BCUT2D eigenvalue weighted by atomic mass is 10.0. The Morgan fingerprint density at radius 1 is 1.13 bits per heavy atom. The molecule has 1 aromatic rings. The van der Waals surface area contributed by atoms with Gasteiger partial charge < -0.3 is 4.74 Å². The third-order valence-corrected chi connectivity index (χ3v) is 2.64. The van der Waals surface area contributed by atoms with Gasteiger partial charge in [0.1, 0.15) is 5.60 Å². The summed E-state index contributed by atoms with van der Waals surface area (Å²) >= 11 is 0. The molecule has 0 spiro atoms. The van der Waals surface area contributed by atoms with E-state index in [4.69, 9.17) is 4.74 Å². The minimum Gasteiger partial charge on any atom is -0.467 e. The SMILES string of the molecule is CC1=CC(=Nc2ccccc2)OC1(C)C. The van der Waals surface area contributed by atoms with E-state index in [-0.39, 0.29) is 5.60 Å². The highest BCUT2D eigenvalue weighted by Crippen LogP contribution is 2.28. The average molecular weight is 201 g/mol. The molecule has 0 amide bonds. The van der Waals surface area contributed by atoms with Crippen molar-refractivity contribution in [1.29, 1.82) is 0 Å². The molecule has 0 radical (unpaired) electrons. The Bertz CT molecular complexity index is 415. The molecule has 15 heavy (non-hydrogen) atoms. The molecule has 78 valence electrons. The highest BCUT2D eigenvalue weighted by molar-refractivity contribution is 5.93. The lowest BCUT2D eigenvalue weighted by molar-refractivity contribution is 0.150. The van der Waals surface area contributed by atoms with E-state index in [0.717, 1.165) is 5.69 Å². The fourth-order valence-corrected chi connectivity index (χ4v) is 1.42. The van der Waals surface area contributed by atoms with Gasteiger partial charge in [-0.3, -0.25) is 0 Å². The second-order valence-electron chi connectivity index (χ2n) is 4.23. The van der Waals surface area contributed by atoms with Crippen LogP contribution in [-0.2, 0) is 4.74 Å². The van der Waals surface area contributed by atoms with Gasteiger partial charge in [0, 0.05) is 6.08 Å². The highest BCUT2D eigenvalue weighted by atomic mass is 16.5. The number of aliphatic imine (C=N–C) groups is 1. The monoisotopic (exact) mass is 201 g/mol. The number of para-hydroxylation sites is 1. The molecule has 1 heterocycles. The van der Waals surface area contributed by atoms with Crippen LogP contribution in [0.15, 0.2) is 47.0 Å². The first kappa shape index (κ1) is 9.97. The average Bonchev–Trinajstić information content (AvgIpc) is 2.42. The van der Waals surface area contributed by atoms with E-state index in [0.29, 0.717) is 5.90 Å². The van der Waals surface area contributed by atoms with E-state index in [1.165, 1.54) is 5.57 Å². The Kier molecular flexibility index (Phi) is 2.35. The molecule has 2 nitrogen and oxygen atoms in total. The molecule has 0 atom stereocenters. The van der Waals surface area contributed by atoms with Crippen molar-refractivity contribution in [1.82, 2.24) is 0 Å². The normalized spacial score (nSPS) is 21.3. The van der Waals surface area contributed by atoms with Crippen molar-refractivity contribution in [3.8, 4) is 0 Å². The van der Waals surface area contributed by atoms with Crippen LogP contribution >= 0.6 is 0 Å². The lowest BCUT2D eigenvalue weighted by Gasteiger charge is -2.19. The fraction of sp³-hybridized carbons (Fsp3) is 0.308. The Morgan fingerprint density at radius 2 is 1.80 bits per heavy atom. The van der Waals surface area contributed by atoms with Crippen LogP contribution in [0.1, 0.15) is 20.8 Å². The Morgan fingerprint density at radius 3 is 2.33 bits per heavy atom. The van der Waals surface area contributed by atoms with E-state index < -0.39 is 0 Å². The largest absolute Gasteiger partial charge is 0.467 e. The van der Waals surface area contributed by atoms with Crippen molar-refractivity contribution in [2.45, 2.75) is 26.4 Å². The smallest absolute Gasteiger partial charge is 0.214 e. The van der Waals surface area contributed by atoms with Gasteiger partial charge in [-0.1, -0.05) is 18.2 Å². The first-order valence-electron chi connectivity index (χ1n) is 5.09. The minimum atomic E-state index is -0.215. The quantitative estimate of drug-likeness (QED) is 0.681. The zero-order valence-corrected chi connectivity index (χ0v) is 9.32. The second kappa shape index (κ2) is 3.54. The minimum absolute atomic E-state index is 0.215. The van der Waals surface area contributed by atoms with Gasteiger partial charge in [-0.15, -0.1) is 0 Å². The molecule has 2 rings (SSSR count). The molecule has 1 aliphatic heterocycles. The van der Waals surface area contributed by atoms with Crippen molar-refractivity contribution >= 4 is 11.6 Å². The summed E-state index contributed by atoms with van der Waals surface area (Å²) in [5.41, 5.74) is 1.92. The van der Waals surface area contributed by atoms with Crippen molar-refractivity contribution in [3.63, 3.8) is 0 Å². The molecular formula is C13H15NO. The molecule has 1 aliphatic rings. The van der Waals surface area contributed by atoms with E-state index in [9.17, 15) is 0 Å². The lowest BCUT2D eigenvalue weighted by Crippen LogP contribution is -2.21. The molecule has 0 aromatic heterocycles. The summed E-state index contributed by atoms with van der Waals surface area (Å²) in [6.07, 6.45) is 1.99. The van der Waals surface area contributed by atoms with Crippen molar-refractivity contribution in [3.05, 3.63) is 42.0 Å². The van der Waals surface area contributed by atoms with Gasteiger partial charge in [-0.05, 0) is 38.5 Å². The molecule has 0 N–H and O–H groups in total. The third kappa shape index (κ3) is 2.09. The maximum atomic E-state index is 5.72. The molecule has 0 saturated heterocycles. The predicted molar refractivity (Wildman–Crippen MR) is 62.5 cm³/mol. The number of hydrogen-bond donors (Lipinski definition) is 0. The molecule has 1 aromatic carbocycles. The zero-order valence-electron chi connectivity index (χ0n) is 9.32. The van der Waals surface area contributed by atoms with Gasteiger partial charge in [-0.2, -0.15) is 0 Å². The third-order valence-electron chi connectivity index (χ3n) is 2.64. The summed E-state index contributed by atoms with van der Waals surface area (Å²) in [6.45, 7) is 6.16. The van der Waals surface area contributed by atoms with Crippen LogP contribution in [0.25, 0.3) is 0 Å². The van der Waals surface area contributed by atoms with Crippen LogP contribution in [0.3, 0.4) is 0 Å². The van der Waals surface area contributed by atoms with E-state index >= 15 is 0 Å². The molecule has 0 saturated carbocycles. The van der Waals surface area contributed by atoms with Gasteiger partial charge in [0.05, 0.1) is 5.69 Å². The van der Waals surface area contributed by atoms with Crippen LogP contribution in [0.2, 0.25) is 0 Å². The summed E-state index contributed by atoms with van der Waals surface area (Å²) in [7, 11) is 0. The predicted octanol–water partition coefficient (Wildman–Crippen LogP) is 3.47. The molecule has 0 bridgehead atoms. The zero-order chi connectivity index (χ0) is 10.9. The van der Waals surface area contributed by atoms with Gasteiger partial charge in [0.25, 0.3) is 0 Å². The van der Waals surface area contributed by atoms with Crippen LogP contribution in [0, 0.1) is 0 Å². The summed E-state index contributed by atoms with van der Waals surface area (Å²) in [5.74, 6) is 0.698. The topological polar surface area (TPSA) is 21.6 Å². The van der Waals surface area contributed by atoms with Gasteiger partial charge in [0.15, 0.2) is 0 Å². The van der Waals surface area contributed by atoms with E-state index in [2.05, 4.69) is 11.9 Å². The van der Waals surface area contributed by atoms with E-state index in [1.54, 1.807) is 0 Å². The number of nitrogens with zero attached hydrogens (tertiary/aromatic N) is 1. The summed E-state index contributed by atoms with van der Waals surface area (Å²) < 4.78 is 5.72. The second-order valence-corrected chi connectivity index (χ2v) is 4.23. The maximum absolute atomic E-state index is 5.72. The van der Waals surface area contributed by atoms with Crippen LogP contribution < -0.4 is 0 Å². The molecule has 0 aliphatic carbocycles. The van der Waals surface area contributed by atoms with Crippen molar-refractivity contribution < 1.29 is 4.74 Å². The molecule has 2 heteroatoms. The highest BCUT2D eigenvalue weighted by Gasteiger charge is 2.29. The molecule has 0 fully saturated rings. The molecular weight excluding hydrogens is 186 g/mol. The first-order chi connectivity index (χ1) is 7.08. The number of ether oxygens (including phenoxy) is 1. The van der Waals surface area contributed by atoms with Gasteiger partial charge in [-0.25, -0.2) is 4.99 Å². The van der Waals surface area contributed by atoms with E-state index in [1.807, 2.05) is 50.3 Å². The Labute approximate surface area is 90.3 Å². The van der Waals surface area contributed by atoms with Crippen molar-refractivity contribution in [2.75, 3.05) is 0 Å². The summed E-state index contributed by atoms with van der Waals surface area (Å²) in [4.78, 5) is 4.42. The maximum Gasteiger partial charge on any atom is 0.214 e. The fourth-order valence-electron chi connectivity index (χ4n) is 1.42. The summed E-state index contributed by atoms with van der Waals surface area (Å²) in [6, 6.07) is 9.84. The summed E-state index contributed by atoms with van der Waals surface area (Å²) in [5, 5.41) is 0. The number of hydrogen-bond acceptors (Lipinski definition) is 2. The Hall–Kier alpha value is -1.57. The van der Waals surface area contributed by atoms with Gasteiger partial charge in [0.2, 0.25) is 5.90 Å². The Balaban J connectivity index is 2.26. The van der Waals surface area contributed by atoms with Gasteiger partial charge >= 0.3 is 0 Å². The molecule has 0 unspecified atom stereocenters. The van der Waals surface area contributed by atoms with Crippen molar-refractivity contribution in [2.24, 2.45) is 4.99 Å². The number of benzene rings is 1. The standard InChI is InChI=1S/C13H15NO/c1-10-9-12(15-13(10,2)3)14-11-7-5-4-6-8-11/h4-9H,1-3H3.